The molecule has 1 heterocycles. The van der Waals surface area contributed by atoms with Crippen LogP contribution in [-0.2, 0) is 21.4 Å². The number of ether oxygens (including phenoxy) is 1. The average Bonchev–Trinajstić information content (AvgIpc) is 2.78. The molecule has 0 unspecified atom stereocenters. The van der Waals surface area contributed by atoms with Gasteiger partial charge in [0.05, 0.1) is 6.26 Å². The molecule has 0 bridgehead atoms. The van der Waals surface area contributed by atoms with Crippen LogP contribution in [0.4, 0.5) is 0 Å². The van der Waals surface area contributed by atoms with Gasteiger partial charge in [0.1, 0.15) is 18.4 Å². The normalized spacial score (nSPS) is 16.2. The summed E-state index contributed by atoms with van der Waals surface area (Å²) in [6, 6.07) is 13.7. The Morgan fingerprint density at radius 3 is 2.18 bits per heavy atom. The number of aryl methyl sites for hydroxylation is 1. The number of rotatable bonds is 9. The van der Waals surface area contributed by atoms with E-state index in [1.165, 1.54) is 9.87 Å². The molecule has 178 valence electrons. The summed E-state index contributed by atoms with van der Waals surface area (Å²) in [5, 5.41) is 12.3. The highest BCUT2D eigenvalue weighted by molar-refractivity contribution is 7.88. The summed E-state index contributed by atoms with van der Waals surface area (Å²) in [7, 11) is -3.30. The molecule has 0 saturated carbocycles. The van der Waals surface area contributed by atoms with Gasteiger partial charge in [0.25, 0.3) is 5.91 Å². The fourth-order valence-electron chi connectivity index (χ4n) is 3.56. The van der Waals surface area contributed by atoms with Crippen LogP contribution in [0, 0.1) is 6.92 Å². The second-order valence-corrected chi connectivity index (χ2v) is 10.0. The first kappa shape index (κ1) is 24.7. The molecule has 1 aliphatic rings. The Kier molecular flexibility index (Phi) is 8.06. The third-order valence-corrected chi connectivity index (χ3v) is 6.87. The number of nitrogens with zero attached hydrogens (tertiary/aromatic N) is 2. The van der Waals surface area contributed by atoms with Gasteiger partial charge in [0.15, 0.2) is 0 Å². The number of carboxylic acids is 1. The van der Waals surface area contributed by atoms with Crippen LogP contribution in [0.15, 0.2) is 48.5 Å². The SMILES string of the molecule is Cc1ccc(COc2ccc(C(=O)NC[C@@H](C(=O)O)N3CCN(S(C)(=O)=O)CC3)cc2)cc1. The quantitative estimate of drug-likeness (QED) is 0.562. The van der Waals surface area contributed by atoms with Crippen molar-refractivity contribution in [2.45, 2.75) is 19.6 Å². The summed E-state index contributed by atoms with van der Waals surface area (Å²) in [6.45, 7) is 3.37. The minimum absolute atomic E-state index is 0.0846. The predicted octanol–water partition coefficient (Wildman–Crippen LogP) is 1.33. The van der Waals surface area contributed by atoms with Crippen LogP contribution in [-0.4, -0.2) is 79.6 Å². The Balaban J connectivity index is 1.51. The minimum Gasteiger partial charge on any atom is -0.489 e. The summed E-state index contributed by atoms with van der Waals surface area (Å²) in [5.41, 5.74) is 2.61. The number of hydrogen-bond donors (Lipinski definition) is 2. The first-order valence-corrected chi connectivity index (χ1v) is 12.5. The van der Waals surface area contributed by atoms with Crippen molar-refractivity contribution in [1.29, 1.82) is 0 Å². The molecule has 10 heteroatoms. The zero-order valence-corrected chi connectivity index (χ0v) is 19.5. The number of benzene rings is 2. The second-order valence-electron chi connectivity index (χ2n) is 8.06. The van der Waals surface area contributed by atoms with Gasteiger partial charge in [0, 0.05) is 38.3 Å². The molecule has 0 aromatic heterocycles. The largest absolute Gasteiger partial charge is 0.489 e. The van der Waals surface area contributed by atoms with E-state index in [0.29, 0.717) is 17.9 Å². The van der Waals surface area contributed by atoms with Gasteiger partial charge in [-0.3, -0.25) is 14.5 Å². The van der Waals surface area contributed by atoms with E-state index in [9.17, 15) is 23.1 Å². The van der Waals surface area contributed by atoms with Crippen molar-refractivity contribution in [3.63, 3.8) is 0 Å². The Labute approximate surface area is 194 Å². The predicted molar refractivity (Wildman–Crippen MR) is 124 cm³/mol. The van der Waals surface area contributed by atoms with Gasteiger partial charge >= 0.3 is 5.97 Å². The highest BCUT2D eigenvalue weighted by Crippen LogP contribution is 2.15. The van der Waals surface area contributed by atoms with Crippen molar-refractivity contribution >= 4 is 21.9 Å². The van der Waals surface area contributed by atoms with Crippen LogP contribution < -0.4 is 10.1 Å². The highest BCUT2D eigenvalue weighted by atomic mass is 32.2. The zero-order chi connectivity index (χ0) is 24.0. The summed E-state index contributed by atoms with van der Waals surface area (Å²) in [6.07, 6.45) is 1.14. The molecule has 2 N–H and O–H groups in total. The van der Waals surface area contributed by atoms with E-state index < -0.39 is 22.0 Å². The maximum atomic E-state index is 12.5. The lowest BCUT2D eigenvalue weighted by Crippen LogP contribution is -2.56. The number of piperazine rings is 1. The van der Waals surface area contributed by atoms with Crippen LogP contribution in [0.5, 0.6) is 5.75 Å². The van der Waals surface area contributed by atoms with Crippen molar-refractivity contribution in [3.05, 3.63) is 65.2 Å². The summed E-state index contributed by atoms with van der Waals surface area (Å²) < 4.78 is 30.4. The van der Waals surface area contributed by atoms with Gasteiger partial charge < -0.3 is 15.2 Å². The molecule has 3 rings (SSSR count). The number of hydrogen-bond acceptors (Lipinski definition) is 6. The Morgan fingerprint density at radius 2 is 1.64 bits per heavy atom. The van der Waals surface area contributed by atoms with E-state index in [0.717, 1.165) is 11.8 Å². The monoisotopic (exact) mass is 475 g/mol. The Hall–Kier alpha value is -2.95. The van der Waals surface area contributed by atoms with Gasteiger partial charge in [-0.05, 0) is 36.8 Å². The fraction of sp³-hybridized carbons (Fsp3) is 0.391. The molecular weight excluding hydrogens is 446 g/mol. The molecule has 1 saturated heterocycles. The average molecular weight is 476 g/mol. The number of sulfonamides is 1. The number of amides is 1. The van der Waals surface area contributed by atoms with E-state index in [2.05, 4.69) is 5.32 Å². The van der Waals surface area contributed by atoms with Crippen molar-refractivity contribution in [2.24, 2.45) is 0 Å². The van der Waals surface area contributed by atoms with Crippen molar-refractivity contribution < 1.29 is 27.9 Å². The molecule has 9 nitrogen and oxygen atoms in total. The van der Waals surface area contributed by atoms with E-state index in [1.807, 2.05) is 31.2 Å². The Bertz CT molecular complexity index is 1060. The second kappa shape index (κ2) is 10.8. The first-order chi connectivity index (χ1) is 15.6. The third-order valence-electron chi connectivity index (χ3n) is 5.57. The lowest BCUT2D eigenvalue weighted by atomic mass is 10.1. The van der Waals surface area contributed by atoms with Gasteiger partial charge in [0.2, 0.25) is 10.0 Å². The van der Waals surface area contributed by atoms with E-state index in [4.69, 9.17) is 4.74 Å². The fourth-order valence-corrected chi connectivity index (χ4v) is 4.39. The molecule has 33 heavy (non-hydrogen) atoms. The van der Waals surface area contributed by atoms with Crippen LogP contribution in [0.25, 0.3) is 0 Å². The summed E-state index contributed by atoms with van der Waals surface area (Å²) in [5.74, 6) is -0.830. The topological polar surface area (TPSA) is 116 Å². The first-order valence-electron chi connectivity index (χ1n) is 10.6. The third kappa shape index (κ3) is 7.01. The maximum absolute atomic E-state index is 12.5. The van der Waals surface area contributed by atoms with E-state index in [-0.39, 0.29) is 38.6 Å². The molecule has 2 aromatic rings. The molecule has 1 aliphatic heterocycles. The molecule has 0 aliphatic carbocycles. The van der Waals surface area contributed by atoms with E-state index in [1.54, 1.807) is 29.2 Å². The number of nitrogens with one attached hydrogen (secondary N) is 1. The molecule has 0 radical (unpaired) electrons. The van der Waals surface area contributed by atoms with Crippen LogP contribution >= 0.6 is 0 Å². The van der Waals surface area contributed by atoms with Gasteiger partial charge in [-0.25, -0.2) is 8.42 Å². The summed E-state index contributed by atoms with van der Waals surface area (Å²) >= 11 is 0. The van der Waals surface area contributed by atoms with E-state index >= 15 is 0 Å². The van der Waals surface area contributed by atoms with Crippen molar-refractivity contribution in [3.8, 4) is 5.75 Å². The van der Waals surface area contributed by atoms with Gasteiger partial charge in [-0.1, -0.05) is 29.8 Å². The number of carbonyl (C=O) groups excluding carboxylic acids is 1. The molecule has 1 amide bonds. The van der Waals surface area contributed by atoms with Crippen molar-refractivity contribution in [1.82, 2.24) is 14.5 Å². The molecule has 1 atom stereocenters. The van der Waals surface area contributed by atoms with Crippen LogP contribution in [0.2, 0.25) is 0 Å². The molecule has 0 spiro atoms. The maximum Gasteiger partial charge on any atom is 0.322 e. The zero-order valence-electron chi connectivity index (χ0n) is 18.7. The highest BCUT2D eigenvalue weighted by Gasteiger charge is 2.31. The van der Waals surface area contributed by atoms with Crippen LogP contribution in [0.3, 0.4) is 0 Å². The number of aliphatic carboxylic acids is 1. The van der Waals surface area contributed by atoms with Gasteiger partial charge in [-0.2, -0.15) is 4.31 Å². The van der Waals surface area contributed by atoms with Crippen molar-refractivity contribution in [2.75, 3.05) is 39.0 Å². The number of carboxylic acid groups (broad SMARTS) is 1. The van der Waals surface area contributed by atoms with Crippen LogP contribution in [0.1, 0.15) is 21.5 Å². The molecule has 1 fully saturated rings. The molecular formula is C23H29N3O6S. The van der Waals surface area contributed by atoms with Gasteiger partial charge in [-0.15, -0.1) is 0 Å². The minimum atomic E-state index is -3.30. The number of carbonyl (C=O) groups is 2. The summed E-state index contributed by atoms with van der Waals surface area (Å²) in [4.78, 5) is 25.9. The molecule has 2 aromatic carbocycles. The standard InChI is InChI=1S/C23H29N3O6S/c1-17-3-5-18(6-4-17)16-32-20-9-7-19(8-10-20)22(27)24-15-21(23(28)29)25-11-13-26(14-12-25)33(2,30)31/h3-10,21H,11-16H2,1-2H3,(H,24,27)(H,28,29)/t21-/m0/s1. The lowest BCUT2D eigenvalue weighted by Gasteiger charge is -2.36. The Morgan fingerprint density at radius 1 is 1.03 bits per heavy atom. The lowest BCUT2D eigenvalue weighted by molar-refractivity contribution is -0.143. The smallest absolute Gasteiger partial charge is 0.322 e.